The Hall–Kier alpha value is -3.02. The number of hydrogen-bond acceptors (Lipinski definition) is 4. The minimum absolute atomic E-state index is 0.0619. The Morgan fingerprint density at radius 1 is 1.12 bits per heavy atom. The Bertz CT molecular complexity index is 953. The van der Waals surface area contributed by atoms with Gasteiger partial charge in [-0.25, -0.2) is 4.68 Å². The summed E-state index contributed by atoms with van der Waals surface area (Å²) < 4.78 is 1.14. The third-order valence-electron chi connectivity index (χ3n) is 4.55. The molecule has 0 bridgehead atoms. The van der Waals surface area contributed by atoms with Crippen LogP contribution in [-0.4, -0.2) is 31.8 Å². The van der Waals surface area contributed by atoms with Crippen molar-refractivity contribution in [1.82, 2.24) is 19.9 Å². The lowest BCUT2D eigenvalue weighted by molar-refractivity contribution is -0.135. The summed E-state index contributed by atoms with van der Waals surface area (Å²) in [6.45, 7) is 4.44. The topological polar surface area (TPSA) is 68.1 Å². The summed E-state index contributed by atoms with van der Waals surface area (Å²) in [7, 11) is 0. The van der Waals surface area contributed by atoms with Gasteiger partial charge in [0.05, 0.1) is 5.39 Å². The average Bonchev–Trinajstić information content (AvgIpc) is 2.68. The van der Waals surface area contributed by atoms with Crippen molar-refractivity contribution in [1.29, 1.82) is 0 Å². The molecule has 0 aliphatic rings. The van der Waals surface area contributed by atoms with Crippen molar-refractivity contribution < 1.29 is 4.79 Å². The molecule has 0 saturated carbocycles. The second-order valence-electron chi connectivity index (χ2n) is 6.33. The van der Waals surface area contributed by atoms with Gasteiger partial charge >= 0.3 is 0 Å². The van der Waals surface area contributed by atoms with Crippen molar-refractivity contribution in [2.45, 2.75) is 39.4 Å². The summed E-state index contributed by atoms with van der Waals surface area (Å²) in [6, 6.07) is 16.9. The van der Waals surface area contributed by atoms with Crippen molar-refractivity contribution in [3.63, 3.8) is 0 Å². The molecule has 0 saturated heterocycles. The van der Waals surface area contributed by atoms with Crippen molar-refractivity contribution in [2.24, 2.45) is 0 Å². The van der Waals surface area contributed by atoms with E-state index in [1.165, 1.54) is 0 Å². The number of nitrogens with zero attached hydrogens (tertiary/aromatic N) is 4. The van der Waals surface area contributed by atoms with Gasteiger partial charge in [-0.2, -0.15) is 0 Å². The molecule has 26 heavy (non-hydrogen) atoms. The van der Waals surface area contributed by atoms with Crippen molar-refractivity contribution in [3.05, 3.63) is 70.5 Å². The first-order chi connectivity index (χ1) is 12.6. The van der Waals surface area contributed by atoms with E-state index in [9.17, 15) is 9.59 Å². The summed E-state index contributed by atoms with van der Waals surface area (Å²) in [5, 5.41) is 8.44. The molecule has 0 radical (unpaired) electrons. The highest BCUT2D eigenvalue weighted by Crippen LogP contribution is 2.12. The number of rotatable bonds is 6. The maximum Gasteiger partial charge on any atom is 0.278 e. The molecule has 3 rings (SSSR count). The molecule has 1 unspecified atom stereocenters. The van der Waals surface area contributed by atoms with Gasteiger partial charge in [-0.05, 0) is 31.0 Å². The lowest BCUT2D eigenvalue weighted by Crippen LogP contribution is -2.42. The molecule has 0 aliphatic heterocycles. The highest BCUT2D eigenvalue weighted by molar-refractivity contribution is 5.78. The standard InChI is InChI=1S/C20H22N4O2/c1-3-15(2)23(13-16-9-5-4-6-10-16)19(25)14-24-20(26)17-11-7-8-12-18(17)21-22-24/h4-12,15H,3,13-14H2,1-2H3. The molecular weight excluding hydrogens is 328 g/mol. The molecule has 2 aromatic carbocycles. The third-order valence-corrected chi connectivity index (χ3v) is 4.55. The van der Waals surface area contributed by atoms with Crippen molar-refractivity contribution in [2.75, 3.05) is 0 Å². The number of aromatic nitrogens is 3. The summed E-state index contributed by atoms with van der Waals surface area (Å²) in [4.78, 5) is 27.3. The Balaban J connectivity index is 1.86. The zero-order valence-electron chi connectivity index (χ0n) is 15.0. The van der Waals surface area contributed by atoms with Crippen LogP contribution >= 0.6 is 0 Å². The predicted molar refractivity (Wildman–Crippen MR) is 101 cm³/mol. The number of carbonyl (C=O) groups excluding carboxylic acids is 1. The van der Waals surface area contributed by atoms with E-state index in [2.05, 4.69) is 10.3 Å². The van der Waals surface area contributed by atoms with Crippen molar-refractivity contribution >= 4 is 16.8 Å². The largest absolute Gasteiger partial charge is 0.334 e. The van der Waals surface area contributed by atoms with Gasteiger partial charge in [0.1, 0.15) is 12.1 Å². The fraction of sp³-hybridized carbons (Fsp3) is 0.300. The minimum Gasteiger partial charge on any atom is -0.334 e. The molecule has 1 atom stereocenters. The molecule has 1 aromatic heterocycles. The highest BCUT2D eigenvalue weighted by Gasteiger charge is 2.21. The lowest BCUT2D eigenvalue weighted by Gasteiger charge is -2.28. The van der Waals surface area contributed by atoms with Gasteiger partial charge in [0.2, 0.25) is 5.91 Å². The van der Waals surface area contributed by atoms with Crippen molar-refractivity contribution in [3.8, 4) is 0 Å². The fourth-order valence-electron chi connectivity index (χ4n) is 2.84. The SMILES string of the molecule is CCC(C)N(Cc1ccccc1)C(=O)Cn1nnc2ccccc2c1=O. The molecule has 1 heterocycles. The molecule has 0 spiro atoms. The van der Waals surface area contributed by atoms with Crippen LogP contribution in [0.4, 0.5) is 0 Å². The van der Waals surface area contributed by atoms with Gasteiger partial charge in [-0.3, -0.25) is 9.59 Å². The Kier molecular flexibility index (Phi) is 5.41. The molecule has 6 heteroatoms. The van der Waals surface area contributed by atoms with E-state index in [4.69, 9.17) is 0 Å². The van der Waals surface area contributed by atoms with Gasteiger partial charge in [0, 0.05) is 12.6 Å². The predicted octanol–water partition coefficient (Wildman–Crippen LogP) is 2.62. The lowest BCUT2D eigenvalue weighted by atomic mass is 10.1. The number of fused-ring (bicyclic) bond motifs is 1. The van der Waals surface area contributed by atoms with Gasteiger partial charge in [-0.15, -0.1) is 5.10 Å². The van der Waals surface area contributed by atoms with Crippen LogP contribution < -0.4 is 5.56 Å². The van der Waals surface area contributed by atoms with E-state index in [1.54, 1.807) is 29.2 Å². The molecule has 0 N–H and O–H groups in total. The average molecular weight is 350 g/mol. The van der Waals surface area contributed by atoms with Gasteiger partial charge in [0.15, 0.2) is 0 Å². The van der Waals surface area contributed by atoms with Crippen LogP contribution in [0.5, 0.6) is 0 Å². The second-order valence-corrected chi connectivity index (χ2v) is 6.33. The second kappa shape index (κ2) is 7.91. The smallest absolute Gasteiger partial charge is 0.278 e. The van der Waals surface area contributed by atoms with Crippen LogP contribution in [0.15, 0.2) is 59.4 Å². The summed E-state index contributed by atoms with van der Waals surface area (Å²) in [5.41, 5.74) is 1.29. The van der Waals surface area contributed by atoms with Crippen LogP contribution in [0.2, 0.25) is 0 Å². The number of carbonyl (C=O) groups is 1. The Morgan fingerprint density at radius 2 is 1.81 bits per heavy atom. The monoisotopic (exact) mass is 350 g/mol. The van der Waals surface area contributed by atoms with E-state index >= 15 is 0 Å². The Morgan fingerprint density at radius 3 is 2.54 bits per heavy atom. The highest BCUT2D eigenvalue weighted by atomic mass is 16.2. The van der Waals surface area contributed by atoms with E-state index in [0.717, 1.165) is 16.7 Å². The van der Waals surface area contributed by atoms with E-state index in [-0.39, 0.29) is 24.1 Å². The number of amides is 1. The maximum atomic E-state index is 12.9. The first kappa shape index (κ1) is 17.8. The number of benzene rings is 2. The molecule has 1 amide bonds. The zero-order valence-corrected chi connectivity index (χ0v) is 15.0. The quantitative estimate of drug-likeness (QED) is 0.685. The van der Waals surface area contributed by atoms with E-state index < -0.39 is 0 Å². The van der Waals surface area contributed by atoms with Gasteiger partial charge in [-0.1, -0.05) is 54.6 Å². The minimum atomic E-state index is -0.298. The molecule has 0 aliphatic carbocycles. The molecule has 6 nitrogen and oxygen atoms in total. The summed E-state index contributed by atoms with van der Waals surface area (Å²) in [6.07, 6.45) is 0.830. The molecule has 3 aromatic rings. The normalized spacial score (nSPS) is 12.1. The number of hydrogen-bond donors (Lipinski definition) is 0. The van der Waals surface area contributed by atoms with Crippen LogP contribution in [0.1, 0.15) is 25.8 Å². The fourth-order valence-corrected chi connectivity index (χ4v) is 2.84. The van der Waals surface area contributed by atoms with Gasteiger partial charge < -0.3 is 4.90 Å². The van der Waals surface area contributed by atoms with Gasteiger partial charge in [0.25, 0.3) is 5.56 Å². The molecule has 0 fully saturated rings. The van der Waals surface area contributed by atoms with Crippen LogP contribution in [0, 0.1) is 0 Å². The van der Waals surface area contributed by atoms with Crippen LogP contribution in [-0.2, 0) is 17.9 Å². The zero-order chi connectivity index (χ0) is 18.5. The first-order valence-electron chi connectivity index (χ1n) is 8.76. The maximum absolute atomic E-state index is 12.9. The van der Waals surface area contributed by atoms with Crippen LogP contribution in [0.25, 0.3) is 10.9 Å². The molecule has 134 valence electrons. The Labute approximate surface area is 152 Å². The third kappa shape index (κ3) is 3.79. The van der Waals surface area contributed by atoms with E-state index in [0.29, 0.717) is 17.4 Å². The summed E-state index contributed by atoms with van der Waals surface area (Å²) in [5.74, 6) is -0.144. The first-order valence-corrected chi connectivity index (χ1v) is 8.76. The van der Waals surface area contributed by atoms with E-state index in [1.807, 2.05) is 44.2 Å². The summed E-state index contributed by atoms with van der Waals surface area (Å²) >= 11 is 0. The van der Waals surface area contributed by atoms with Crippen LogP contribution in [0.3, 0.4) is 0 Å². The molecular formula is C20H22N4O2.